The number of benzene rings is 2. The molecule has 4 aromatic rings. The van der Waals surface area contributed by atoms with E-state index >= 15 is 0 Å². The highest BCUT2D eigenvalue weighted by Gasteiger charge is 2.21. The van der Waals surface area contributed by atoms with Crippen molar-refractivity contribution in [2.45, 2.75) is 0 Å². The average molecular weight is 367 g/mol. The Kier molecular flexibility index (Phi) is 3.80. The number of fused-ring (bicyclic) bond motifs is 1. The van der Waals surface area contributed by atoms with Crippen LogP contribution in [0.25, 0.3) is 27.8 Å². The Hall–Kier alpha value is -3.48. The molecule has 2 aromatic heterocycles. The molecule has 0 aliphatic rings. The lowest BCUT2D eigenvalue weighted by molar-refractivity contribution is 0.627. The highest BCUT2D eigenvalue weighted by Crippen LogP contribution is 2.32. The standard InChI is InChI=1S/C20H15F2N3O2/c1-23-16-11-25(13-9-7-12(21)8-10-13)18(14-5-3-4-6-15(14)22)17(16)19(26)24(2)20(23)27/h3-11H,1-2H3. The molecule has 0 aliphatic heterocycles. The predicted octanol–water partition coefficient (Wildman–Crippen LogP) is 2.97. The first-order valence-electron chi connectivity index (χ1n) is 8.22. The lowest BCUT2D eigenvalue weighted by Crippen LogP contribution is -2.36. The largest absolute Gasteiger partial charge is 0.330 e. The van der Waals surface area contributed by atoms with Gasteiger partial charge >= 0.3 is 5.69 Å². The van der Waals surface area contributed by atoms with Gasteiger partial charge in [-0.2, -0.15) is 0 Å². The minimum atomic E-state index is -0.521. The van der Waals surface area contributed by atoms with E-state index in [2.05, 4.69) is 0 Å². The molecule has 5 nitrogen and oxygen atoms in total. The van der Waals surface area contributed by atoms with Crippen LogP contribution in [0.4, 0.5) is 8.78 Å². The monoisotopic (exact) mass is 367 g/mol. The van der Waals surface area contributed by atoms with Crippen molar-refractivity contribution in [3.8, 4) is 16.9 Å². The van der Waals surface area contributed by atoms with Crippen molar-refractivity contribution >= 4 is 10.9 Å². The van der Waals surface area contributed by atoms with Crippen LogP contribution < -0.4 is 11.2 Å². The number of rotatable bonds is 2. The van der Waals surface area contributed by atoms with E-state index in [4.69, 9.17) is 0 Å². The summed E-state index contributed by atoms with van der Waals surface area (Å²) in [6.45, 7) is 0. The minimum Gasteiger partial charge on any atom is -0.313 e. The third-order valence-electron chi connectivity index (χ3n) is 4.67. The molecule has 136 valence electrons. The second-order valence-electron chi connectivity index (χ2n) is 6.27. The van der Waals surface area contributed by atoms with E-state index < -0.39 is 22.9 Å². The van der Waals surface area contributed by atoms with Crippen LogP contribution in [0, 0.1) is 11.6 Å². The molecule has 0 saturated carbocycles. The number of nitrogens with zero attached hydrogens (tertiary/aromatic N) is 3. The summed E-state index contributed by atoms with van der Waals surface area (Å²) >= 11 is 0. The zero-order valence-corrected chi connectivity index (χ0v) is 14.6. The summed E-state index contributed by atoms with van der Waals surface area (Å²) in [6.07, 6.45) is 1.59. The molecule has 0 N–H and O–H groups in total. The Morgan fingerprint density at radius 1 is 0.852 bits per heavy atom. The molecular weight excluding hydrogens is 352 g/mol. The molecule has 0 atom stereocenters. The molecule has 4 rings (SSSR count). The van der Waals surface area contributed by atoms with E-state index in [9.17, 15) is 18.4 Å². The van der Waals surface area contributed by atoms with Crippen LogP contribution in [0.5, 0.6) is 0 Å². The van der Waals surface area contributed by atoms with Crippen LogP contribution in [-0.4, -0.2) is 13.7 Å². The average Bonchev–Trinajstić information content (AvgIpc) is 3.06. The van der Waals surface area contributed by atoms with Gasteiger partial charge in [-0.3, -0.25) is 13.9 Å². The van der Waals surface area contributed by atoms with Gasteiger partial charge < -0.3 is 4.57 Å². The Labute approximate surface area is 152 Å². The van der Waals surface area contributed by atoms with Gasteiger partial charge in [-0.25, -0.2) is 13.6 Å². The Balaban J connectivity index is 2.23. The van der Waals surface area contributed by atoms with Crippen LogP contribution in [0.3, 0.4) is 0 Å². The van der Waals surface area contributed by atoms with Gasteiger partial charge in [0.1, 0.15) is 11.6 Å². The van der Waals surface area contributed by atoms with Gasteiger partial charge in [0.15, 0.2) is 0 Å². The summed E-state index contributed by atoms with van der Waals surface area (Å²) in [7, 11) is 2.93. The summed E-state index contributed by atoms with van der Waals surface area (Å²) < 4.78 is 31.9. The second-order valence-corrected chi connectivity index (χ2v) is 6.27. The number of halogens is 2. The van der Waals surface area contributed by atoms with E-state index in [1.807, 2.05) is 0 Å². The smallest absolute Gasteiger partial charge is 0.313 e. The highest BCUT2D eigenvalue weighted by molar-refractivity contribution is 5.94. The Bertz CT molecular complexity index is 1300. The van der Waals surface area contributed by atoms with E-state index in [1.54, 1.807) is 36.0 Å². The van der Waals surface area contributed by atoms with E-state index in [-0.39, 0.29) is 10.9 Å². The number of aromatic nitrogens is 3. The first kappa shape index (κ1) is 17.0. The van der Waals surface area contributed by atoms with Gasteiger partial charge in [-0.05, 0) is 36.4 Å². The Morgan fingerprint density at radius 3 is 2.19 bits per heavy atom. The van der Waals surface area contributed by atoms with Crippen molar-refractivity contribution in [1.29, 1.82) is 0 Å². The van der Waals surface area contributed by atoms with Gasteiger partial charge in [-0.1, -0.05) is 12.1 Å². The predicted molar refractivity (Wildman–Crippen MR) is 99.1 cm³/mol. The molecule has 2 aromatic carbocycles. The number of hydrogen-bond acceptors (Lipinski definition) is 2. The quantitative estimate of drug-likeness (QED) is 0.547. The van der Waals surface area contributed by atoms with Crippen LogP contribution in [0.2, 0.25) is 0 Å². The fraction of sp³-hybridized carbons (Fsp3) is 0.100. The van der Waals surface area contributed by atoms with Crippen LogP contribution in [0.15, 0.2) is 64.3 Å². The fourth-order valence-corrected chi connectivity index (χ4v) is 3.26. The molecule has 0 fully saturated rings. The second kappa shape index (κ2) is 6.05. The maximum absolute atomic E-state index is 14.6. The fourth-order valence-electron chi connectivity index (χ4n) is 3.26. The maximum atomic E-state index is 14.6. The third-order valence-corrected chi connectivity index (χ3v) is 4.67. The van der Waals surface area contributed by atoms with E-state index in [0.29, 0.717) is 16.9 Å². The molecule has 0 unspecified atom stereocenters. The first-order chi connectivity index (χ1) is 12.9. The maximum Gasteiger partial charge on any atom is 0.330 e. The molecule has 0 saturated heterocycles. The summed E-state index contributed by atoms with van der Waals surface area (Å²) in [5, 5.41) is 0.217. The lowest BCUT2D eigenvalue weighted by atomic mass is 10.1. The molecule has 0 radical (unpaired) electrons. The summed E-state index contributed by atoms with van der Waals surface area (Å²) in [6, 6.07) is 11.7. The Morgan fingerprint density at radius 2 is 1.52 bits per heavy atom. The molecular formula is C20H15F2N3O2. The summed E-state index contributed by atoms with van der Waals surface area (Å²) in [4.78, 5) is 25.2. The molecule has 0 spiro atoms. The van der Waals surface area contributed by atoms with Crippen LogP contribution in [0.1, 0.15) is 0 Å². The SMILES string of the molecule is Cn1c(=O)c2c(-c3ccccc3F)n(-c3ccc(F)cc3)cc2n(C)c1=O. The number of aryl methyl sites for hydroxylation is 1. The molecule has 2 heterocycles. The highest BCUT2D eigenvalue weighted by atomic mass is 19.1. The molecule has 7 heteroatoms. The van der Waals surface area contributed by atoms with Crippen LogP contribution >= 0.6 is 0 Å². The third kappa shape index (κ3) is 2.51. The minimum absolute atomic E-state index is 0.215. The van der Waals surface area contributed by atoms with Gasteiger partial charge in [0.2, 0.25) is 0 Å². The molecule has 27 heavy (non-hydrogen) atoms. The van der Waals surface area contributed by atoms with Crippen LogP contribution in [-0.2, 0) is 14.1 Å². The molecule has 0 aliphatic carbocycles. The zero-order chi connectivity index (χ0) is 19.3. The summed E-state index contributed by atoms with van der Waals surface area (Å²) in [5.74, 6) is -0.914. The molecule has 0 amide bonds. The normalized spacial score (nSPS) is 11.3. The topological polar surface area (TPSA) is 48.9 Å². The first-order valence-corrected chi connectivity index (χ1v) is 8.22. The van der Waals surface area contributed by atoms with Gasteiger partial charge in [-0.15, -0.1) is 0 Å². The van der Waals surface area contributed by atoms with Gasteiger partial charge in [0, 0.05) is 31.5 Å². The van der Waals surface area contributed by atoms with Crippen molar-refractivity contribution in [3.05, 3.63) is 87.2 Å². The van der Waals surface area contributed by atoms with Crippen molar-refractivity contribution in [2.24, 2.45) is 14.1 Å². The number of hydrogen-bond donors (Lipinski definition) is 0. The zero-order valence-electron chi connectivity index (χ0n) is 14.6. The van der Waals surface area contributed by atoms with Crippen molar-refractivity contribution < 1.29 is 8.78 Å². The van der Waals surface area contributed by atoms with Crippen molar-refractivity contribution in [3.63, 3.8) is 0 Å². The van der Waals surface area contributed by atoms with Gasteiger partial charge in [0.25, 0.3) is 5.56 Å². The summed E-state index contributed by atoms with van der Waals surface area (Å²) in [5.41, 5.74) is 0.431. The molecule has 0 bridgehead atoms. The van der Waals surface area contributed by atoms with E-state index in [1.165, 1.54) is 41.9 Å². The van der Waals surface area contributed by atoms with Crippen molar-refractivity contribution in [1.82, 2.24) is 13.7 Å². The van der Waals surface area contributed by atoms with E-state index in [0.717, 1.165) is 4.57 Å². The van der Waals surface area contributed by atoms with Crippen molar-refractivity contribution in [2.75, 3.05) is 0 Å². The lowest BCUT2D eigenvalue weighted by Gasteiger charge is -2.11. The van der Waals surface area contributed by atoms with Gasteiger partial charge in [0.05, 0.1) is 16.6 Å².